The molecule has 0 spiro atoms. The summed E-state index contributed by atoms with van der Waals surface area (Å²) in [6.07, 6.45) is 4.97. The summed E-state index contributed by atoms with van der Waals surface area (Å²) >= 11 is 0. The number of ketones is 1. The number of Topliss-reactive ketones (excluding diaryl/α,β-unsaturated/α-hetero) is 1. The van der Waals surface area contributed by atoms with Gasteiger partial charge in [-0.1, -0.05) is 42.5 Å². The SMILES string of the molecule is CN(Cc1cccc(-n2cccn2)c1)C(=O)CC1=C(c2ccccc2)CCC1=O. The second-order valence-corrected chi connectivity index (χ2v) is 7.29. The van der Waals surface area contributed by atoms with Crippen LogP contribution in [0.25, 0.3) is 11.3 Å². The number of rotatable bonds is 6. The molecule has 1 amide bonds. The summed E-state index contributed by atoms with van der Waals surface area (Å²) in [5.41, 5.74) is 4.68. The Labute approximate surface area is 170 Å². The van der Waals surface area contributed by atoms with Gasteiger partial charge in [0.05, 0.1) is 12.1 Å². The number of carbonyl (C=O) groups excluding carboxylic acids is 2. The van der Waals surface area contributed by atoms with Crippen LogP contribution < -0.4 is 0 Å². The van der Waals surface area contributed by atoms with Gasteiger partial charge >= 0.3 is 0 Å². The molecule has 0 saturated carbocycles. The third kappa shape index (κ3) is 4.19. The molecule has 4 rings (SSSR count). The van der Waals surface area contributed by atoms with Crippen molar-refractivity contribution in [3.8, 4) is 5.69 Å². The first-order valence-corrected chi connectivity index (χ1v) is 9.75. The fourth-order valence-electron chi connectivity index (χ4n) is 3.74. The maximum Gasteiger partial charge on any atom is 0.227 e. The van der Waals surface area contributed by atoms with Gasteiger partial charge in [-0.3, -0.25) is 9.59 Å². The lowest BCUT2D eigenvalue weighted by Gasteiger charge is -2.18. The molecule has 0 fully saturated rings. The van der Waals surface area contributed by atoms with E-state index in [2.05, 4.69) is 5.10 Å². The number of carbonyl (C=O) groups is 2. The van der Waals surface area contributed by atoms with Crippen molar-refractivity contribution in [2.24, 2.45) is 0 Å². The minimum Gasteiger partial charge on any atom is -0.341 e. The maximum absolute atomic E-state index is 12.9. The molecule has 0 saturated heterocycles. The molecule has 0 unspecified atom stereocenters. The van der Waals surface area contributed by atoms with E-state index in [1.807, 2.05) is 66.9 Å². The van der Waals surface area contributed by atoms with Gasteiger partial charge in [0.2, 0.25) is 5.91 Å². The normalized spacial score (nSPS) is 13.8. The molecular formula is C24H23N3O2. The van der Waals surface area contributed by atoms with Crippen molar-refractivity contribution in [3.05, 3.63) is 89.8 Å². The van der Waals surface area contributed by atoms with Gasteiger partial charge in [-0.2, -0.15) is 5.10 Å². The maximum atomic E-state index is 12.9. The molecule has 29 heavy (non-hydrogen) atoms. The molecule has 0 atom stereocenters. The van der Waals surface area contributed by atoms with E-state index in [1.54, 1.807) is 22.8 Å². The minimum atomic E-state index is -0.0480. The lowest BCUT2D eigenvalue weighted by molar-refractivity contribution is -0.130. The van der Waals surface area contributed by atoms with Crippen LogP contribution in [0.3, 0.4) is 0 Å². The second kappa shape index (κ2) is 8.27. The van der Waals surface area contributed by atoms with Crippen LogP contribution in [0.5, 0.6) is 0 Å². The summed E-state index contributed by atoms with van der Waals surface area (Å²) in [7, 11) is 1.78. The summed E-state index contributed by atoms with van der Waals surface area (Å²) in [6, 6.07) is 19.7. The van der Waals surface area contributed by atoms with Gasteiger partial charge in [0, 0.05) is 38.0 Å². The van der Waals surface area contributed by atoms with Gasteiger partial charge in [-0.25, -0.2) is 4.68 Å². The molecule has 0 radical (unpaired) electrons. The zero-order valence-corrected chi connectivity index (χ0v) is 16.4. The van der Waals surface area contributed by atoms with Gasteiger partial charge in [-0.15, -0.1) is 0 Å². The number of hydrogen-bond acceptors (Lipinski definition) is 3. The average molecular weight is 385 g/mol. The topological polar surface area (TPSA) is 55.2 Å². The number of hydrogen-bond donors (Lipinski definition) is 0. The number of allylic oxidation sites excluding steroid dienone is 1. The van der Waals surface area contributed by atoms with E-state index >= 15 is 0 Å². The minimum absolute atomic E-state index is 0.0480. The van der Waals surface area contributed by atoms with Gasteiger partial charge in [0.15, 0.2) is 5.78 Å². The molecule has 0 aliphatic heterocycles. The first kappa shape index (κ1) is 18.9. The van der Waals surface area contributed by atoms with Crippen molar-refractivity contribution >= 4 is 17.3 Å². The molecule has 0 N–H and O–H groups in total. The number of benzene rings is 2. The van der Waals surface area contributed by atoms with Gasteiger partial charge in [0.1, 0.15) is 0 Å². The summed E-state index contributed by atoms with van der Waals surface area (Å²) < 4.78 is 1.79. The summed E-state index contributed by atoms with van der Waals surface area (Å²) in [5, 5.41) is 4.25. The molecule has 1 aromatic heterocycles. The first-order chi connectivity index (χ1) is 14.1. The van der Waals surface area contributed by atoms with Crippen LogP contribution in [-0.4, -0.2) is 33.4 Å². The van der Waals surface area contributed by atoms with Crippen molar-refractivity contribution < 1.29 is 9.59 Å². The summed E-state index contributed by atoms with van der Waals surface area (Å²) in [4.78, 5) is 27.0. The standard InChI is InChI=1S/C24H23N3O2/c1-26(17-18-7-5-10-20(15-18)27-14-6-13-25-27)24(29)16-22-21(11-12-23(22)28)19-8-3-2-4-9-19/h2-10,13-15H,11-12,16-17H2,1H3. The Hall–Kier alpha value is -3.47. The zero-order chi connectivity index (χ0) is 20.2. The molecule has 2 aromatic carbocycles. The third-order valence-corrected chi connectivity index (χ3v) is 5.28. The van der Waals surface area contributed by atoms with E-state index in [0.717, 1.165) is 22.4 Å². The van der Waals surface area contributed by atoms with Gasteiger partial charge in [0.25, 0.3) is 0 Å². The number of aromatic nitrogens is 2. The quantitative estimate of drug-likeness (QED) is 0.644. The molecule has 0 bridgehead atoms. The molecular weight excluding hydrogens is 362 g/mol. The zero-order valence-electron chi connectivity index (χ0n) is 16.4. The summed E-state index contributed by atoms with van der Waals surface area (Å²) in [6.45, 7) is 0.482. The molecule has 146 valence electrons. The molecule has 1 heterocycles. The average Bonchev–Trinajstić information content (AvgIpc) is 3.40. The highest BCUT2D eigenvalue weighted by Crippen LogP contribution is 2.33. The van der Waals surface area contributed by atoms with Gasteiger partial charge in [-0.05, 0) is 41.3 Å². The smallest absolute Gasteiger partial charge is 0.227 e. The van der Waals surface area contributed by atoms with Crippen molar-refractivity contribution in [2.75, 3.05) is 7.05 Å². The largest absolute Gasteiger partial charge is 0.341 e. The van der Waals surface area contributed by atoms with Crippen LogP contribution in [-0.2, 0) is 16.1 Å². The predicted molar refractivity (Wildman–Crippen MR) is 112 cm³/mol. The highest BCUT2D eigenvalue weighted by Gasteiger charge is 2.26. The second-order valence-electron chi connectivity index (χ2n) is 7.29. The van der Waals surface area contributed by atoms with Crippen LogP contribution >= 0.6 is 0 Å². The lowest BCUT2D eigenvalue weighted by Crippen LogP contribution is -2.27. The number of nitrogens with zero attached hydrogens (tertiary/aromatic N) is 3. The Morgan fingerprint density at radius 1 is 1.07 bits per heavy atom. The highest BCUT2D eigenvalue weighted by atomic mass is 16.2. The molecule has 5 heteroatoms. The lowest BCUT2D eigenvalue weighted by atomic mass is 9.99. The van der Waals surface area contributed by atoms with Crippen molar-refractivity contribution in [1.29, 1.82) is 0 Å². The van der Waals surface area contributed by atoms with Crippen LogP contribution in [0.2, 0.25) is 0 Å². The Kier molecular flexibility index (Phi) is 5.38. The van der Waals surface area contributed by atoms with Crippen molar-refractivity contribution in [3.63, 3.8) is 0 Å². The van der Waals surface area contributed by atoms with Crippen LogP contribution in [0.15, 0.2) is 78.6 Å². The molecule has 1 aliphatic rings. The Morgan fingerprint density at radius 3 is 2.66 bits per heavy atom. The number of amides is 1. The van der Waals surface area contributed by atoms with Crippen LogP contribution in [0.1, 0.15) is 30.4 Å². The summed E-state index contributed by atoms with van der Waals surface area (Å²) in [5.74, 6) is 0.0412. The van der Waals surface area contributed by atoms with Crippen LogP contribution in [0.4, 0.5) is 0 Å². The Balaban J connectivity index is 1.48. The van der Waals surface area contributed by atoms with E-state index in [0.29, 0.717) is 25.0 Å². The van der Waals surface area contributed by atoms with Gasteiger partial charge < -0.3 is 4.90 Å². The van der Waals surface area contributed by atoms with Crippen molar-refractivity contribution in [1.82, 2.24) is 14.7 Å². The van der Waals surface area contributed by atoms with E-state index in [1.165, 1.54) is 0 Å². The van der Waals surface area contributed by atoms with E-state index in [-0.39, 0.29) is 18.1 Å². The van der Waals surface area contributed by atoms with E-state index in [9.17, 15) is 9.59 Å². The van der Waals surface area contributed by atoms with Crippen LogP contribution in [0, 0.1) is 0 Å². The highest BCUT2D eigenvalue weighted by molar-refractivity contribution is 6.10. The third-order valence-electron chi connectivity index (χ3n) is 5.28. The van der Waals surface area contributed by atoms with E-state index < -0.39 is 0 Å². The fourth-order valence-corrected chi connectivity index (χ4v) is 3.74. The Morgan fingerprint density at radius 2 is 1.90 bits per heavy atom. The molecule has 5 nitrogen and oxygen atoms in total. The van der Waals surface area contributed by atoms with E-state index in [4.69, 9.17) is 0 Å². The fraction of sp³-hybridized carbons (Fsp3) is 0.208. The molecule has 3 aromatic rings. The Bertz CT molecular complexity index is 1050. The first-order valence-electron chi connectivity index (χ1n) is 9.75. The van der Waals surface area contributed by atoms with Crippen molar-refractivity contribution in [2.45, 2.75) is 25.8 Å². The predicted octanol–water partition coefficient (Wildman–Crippen LogP) is 4.04. The monoisotopic (exact) mass is 385 g/mol. The molecule has 1 aliphatic carbocycles.